The molecule has 1 aromatic rings. The molecule has 6 heteroatoms. The SMILES string of the molecule is O=C1NCCC1Cc1cc(Cl)ccc1[N+](=O)[O-]. The minimum atomic E-state index is -0.446. The van der Waals surface area contributed by atoms with Crippen molar-refractivity contribution in [3.05, 3.63) is 38.9 Å². The van der Waals surface area contributed by atoms with Gasteiger partial charge in [0, 0.05) is 29.1 Å². The quantitative estimate of drug-likeness (QED) is 0.662. The molecule has 0 aromatic heterocycles. The molecule has 0 saturated carbocycles. The highest BCUT2D eigenvalue weighted by Gasteiger charge is 2.27. The van der Waals surface area contributed by atoms with Gasteiger partial charge in [0.2, 0.25) is 5.91 Å². The smallest absolute Gasteiger partial charge is 0.272 e. The summed E-state index contributed by atoms with van der Waals surface area (Å²) in [5.74, 6) is -0.230. The highest BCUT2D eigenvalue weighted by molar-refractivity contribution is 6.30. The summed E-state index contributed by atoms with van der Waals surface area (Å²) in [6, 6.07) is 4.42. The van der Waals surface area contributed by atoms with Crippen LogP contribution in [0.15, 0.2) is 18.2 Å². The number of benzene rings is 1. The van der Waals surface area contributed by atoms with Gasteiger partial charge in [-0.25, -0.2) is 0 Å². The molecule has 1 saturated heterocycles. The lowest BCUT2D eigenvalue weighted by Gasteiger charge is -2.07. The molecule has 17 heavy (non-hydrogen) atoms. The van der Waals surface area contributed by atoms with E-state index in [1.807, 2.05) is 0 Å². The van der Waals surface area contributed by atoms with Crippen molar-refractivity contribution in [2.24, 2.45) is 5.92 Å². The molecular formula is C11H11ClN2O3. The van der Waals surface area contributed by atoms with Crippen molar-refractivity contribution in [3.8, 4) is 0 Å². The number of nitrogens with one attached hydrogen (secondary N) is 1. The summed E-state index contributed by atoms with van der Waals surface area (Å²) in [6.45, 7) is 0.637. The van der Waals surface area contributed by atoms with Gasteiger partial charge in [-0.3, -0.25) is 14.9 Å². The molecule has 5 nitrogen and oxygen atoms in total. The Hall–Kier alpha value is -1.62. The van der Waals surface area contributed by atoms with Gasteiger partial charge >= 0.3 is 0 Å². The molecule has 0 radical (unpaired) electrons. The van der Waals surface area contributed by atoms with Crippen molar-refractivity contribution >= 4 is 23.2 Å². The van der Waals surface area contributed by atoms with Gasteiger partial charge in [-0.15, -0.1) is 0 Å². The van der Waals surface area contributed by atoms with Crippen LogP contribution in [0, 0.1) is 16.0 Å². The van der Waals surface area contributed by atoms with Crippen LogP contribution in [0.5, 0.6) is 0 Å². The summed E-state index contributed by atoms with van der Waals surface area (Å²) in [7, 11) is 0. The Labute approximate surface area is 103 Å². The van der Waals surface area contributed by atoms with Gasteiger partial charge in [-0.2, -0.15) is 0 Å². The molecule has 1 unspecified atom stereocenters. The predicted octanol–water partition coefficient (Wildman–Crippen LogP) is 1.93. The van der Waals surface area contributed by atoms with E-state index in [1.54, 1.807) is 6.07 Å². The van der Waals surface area contributed by atoms with Crippen LogP contribution in [0.3, 0.4) is 0 Å². The fourth-order valence-corrected chi connectivity index (χ4v) is 2.20. The van der Waals surface area contributed by atoms with Crippen LogP contribution in [0.2, 0.25) is 5.02 Å². The Bertz CT molecular complexity index is 476. The van der Waals surface area contributed by atoms with E-state index in [2.05, 4.69) is 5.32 Å². The maximum atomic E-state index is 11.4. The van der Waals surface area contributed by atoms with E-state index in [4.69, 9.17) is 11.6 Å². The number of nitro groups is 1. The highest BCUT2D eigenvalue weighted by Crippen LogP contribution is 2.27. The minimum Gasteiger partial charge on any atom is -0.356 e. The monoisotopic (exact) mass is 254 g/mol. The average Bonchev–Trinajstić information content (AvgIpc) is 2.64. The Morgan fingerprint density at radius 3 is 2.88 bits per heavy atom. The molecule has 0 bridgehead atoms. The lowest BCUT2D eigenvalue weighted by Crippen LogP contribution is -2.20. The van der Waals surface area contributed by atoms with E-state index in [1.165, 1.54) is 12.1 Å². The van der Waals surface area contributed by atoms with Gasteiger partial charge in [-0.05, 0) is 25.0 Å². The fourth-order valence-electron chi connectivity index (χ4n) is 2.00. The summed E-state index contributed by atoms with van der Waals surface area (Å²) in [5.41, 5.74) is 0.540. The maximum Gasteiger partial charge on any atom is 0.272 e. The molecule has 1 N–H and O–H groups in total. The van der Waals surface area contributed by atoms with E-state index in [0.29, 0.717) is 30.0 Å². The van der Waals surface area contributed by atoms with E-state index >= 15 is 0 Å². The molecule has 1 aromatic carbocycles. The number of carbonyl (C=O) groups is 1. The van der Waals surface area contributed by atoms with Crippen molar-refractivity contribution in [2.75, 3.05) is 6.54 Å². The van der Waals surface area contributed by atoms with Crippen LogP contribution >= 0.6 is 11.6 Å². The second-order valence-electron chi connectivity index (χ2n) is 4.01. The Morgan fingerprint density at radius 2 is 2.29 bits per heavy atom. The van der Waals surface area contributed by atoms with Gasteiger partial charge in [0.05, 0.1) is 4.92 Å². The highest BCUT2D eigenvalue weighted by atomic mass is 35.5. The lowest BCUT2D eigenvalue weighted by molar-refractivity contribution is -0.385. The molecule has 1 aliphatic rings. The van der Waals surface area contributed by atoms with Crippen molar-refractivity contribution in [3.63, 3.8) is 0 Å². The number of carbonyl (C=O) groups excluding carboxylic acids is 1. The molecular weight excluding hydrogens is 244 g/mol. The zero-order valence-corrected chi connectivity index (χ0v) is 9.74. The largest absolute Gasteiger partial charge is 0.356 e. The molecule has 1 amide bonds. The lowest BCUT2D eigenvalue weighted by atomic mass is 9.97. The average molecular weight is 255 g/mol. The molecule has 1 aliphatic heterocycles. The summed E-state index contributed by atoms with van der Waals surface area (Å²) < 4.78 is 0. The van der Waals surface area contributed by atoms with E-state index in [9.17, 15) is 14.9 Å². The minimum absolute atomic E-state index is 0.0223. The van der Waals surface area contributed by atoms with Crippen LogP contribution in [0.1, 0.15) is 12.0 Å². The van der Waals surface area contributed by atoms with Crippen LogP contribution in [-0.2, 0) is 11.2 Å². The van der Waals surface area contributed by atoms with Gasteiger partial charge in [0.1, 0.15) is 0 Å². The summed E-state index contributed by atoms with van der Waals surface area (Å²) in [6.07, 6.45) is 1.07. The molecule has 2 rings (SSSR count). The first-order valence-electron chi connectivity index (χ1n) is 5.28. The second-order valence-corrected chi connectivity index (χ2v) is 4.45. The third-order valence-corrected chi connectivity index (χ3v) is 3.10. The van der Waals surface area contributed by atoms with Gasteiger partial charge in [0.15, 0.2) is 0 Å². The third kappa shape index (κ3) is 2.55. The Balaban J connectivity index is 2.27. The number of amides is 1. The van der Waals surface area contributed by atoms with Crippen molar-refractivity contribution in [1.82, 2.24) is 5.32 Å². The zero-order valence-electron chi connectivity index (χ0n) is 8.98. The fraction of sp³-hybridized carbons (Fsp3) is 0.364. The van der Waals surface area contributed by atoms with Crippen LogP contribution < -0.4 is 5.32 Å². The number of halogens is 1. The number of nitro benzene ring substituents is 1. The molecule has 1 atom stereocenters. The Morgan fingerprint density at radius 1 is 1.53 bits per heavy atom. The molecule has 90 valence electrons. The van der Waals surface area contributed by atoms with Crippen LogP contribution in [-0.4, -0.2) is 17.4 Å². The first kappa shape index (κ1) is 11.9. The standard InChI is InChI=1S/C11H11ClN2O3/c12-9-1-2-10(14(16)17)8(6-9)5-7-3-4-13-11(7)15/h1-2,6-7H,3-5H2,(H,13,15). The topological polar surface area (TPSA) is 72.2 Å². The Kier molecular flexibility index (Phi) is 3.28. The first-order valence-corrected chi connectivity index (χ1v) is 5.66. The normalized spacial score (nSPS) is 19.1. The number of hydrogen-bond donors (Lipinski definition) is 1. The number of rotatable bonds is 3. The second kappa shape index (κ2) is 4.71. The summed E-state index contributed by atoms with van der Waals surface area (Å²) in [5, 5.41) is 14.0. The van der Waals surface area contributed by atoms with E-state index < -0.39 is 4.92 Å². The van der Waals surface area contributed by atoms with Gasteiger partial charge in [0.25, 0.3) is 5.69 Å². The van der Waals surface area contributed by atoms with Gasteiger partial charge < -0.3 is 5.32 Å². The molecule has 1 heterocycles. The first-order chi connectivity index (χ1) is 8.08. The third-order valence-electron chi connectivity index (χ3n) is 2.87. The summed E-state index contributed by atoms with van der Waals surface area (Å²) >= 11 is 5.82. The van der Waals surface area contributed by atoms with Crippen LogP contribution in [0.25, 0.3) is 0 Å². The predicted molar refractivity (Wildman–Crippen MR) is 62.9 cm³/mol. The van der Waals surface area contributed by atoms with Crippen LogP contribution in [0.4, 0.5) is 5.69 Å². The van der Waals surface area contributed by atoms with E-state index in [-0.39, 0.29) is 17.5 Å². The summed E-state index contributed by atoms with van der Waals surface area (Å²) in [4.78, 5) is 21.8. The number of nitrogens with zero attached hydrogens (tertiary/aromatic N) is 1. The van der Waals surface area contributed by atoms with E-state index in [0.717, 1.165) is 0 Å². The molecule has 0 aliphatic carbocycles. The zero-order chi connectivity index (χ0) is 12.4. The van der Waals surface area contributed by atoms with Gasteiger partial charge in [-0.1, -0.05) is 11.6 Å². The van der Waals surface area contributed by atoms with Crippen molar-refractivity contribution in [2.45, 2.75) is 12.8 Å². The molecule has 1 fully saturated rings. The molecule has 0 spiro atoms. The maximum absolute atomic E-state index is 11.4. The van der Waals surface area contributed by atoms with Crippen molar-refractivity contribution in [1.29, 1.82) is 0 Å². The van der Waals surface area contributed by atoms with Crippen molar-refractivity contribution < 1.29 is 9.72 Å². The number of hydrogen-bond acceptors (Lipinski definition) is 3.